The molecular weight excluding hydrogens is 382 g/mol. The van der Waals surface area contributed by atoms with Crippen LogP contribution in [0.25, 0.3) is 5.65 Å². The van der Waals surface area contributed by atoms with Crippen LogP contribution in [0.15, 0.2) is 42.7 Å². The summed E-state index contributed by atoms with van der Waals surface area (Å²) in [6.45, 7) is 3.22. The molecule has 0 bridgehead atoms. The smallest absolute Gasteiger partial charge is 0.221 e. The number of imidazole rings is 1. The Morgan fingerprint density at radius 2 is 1.87 bits per heavy atom. The Hall–Kier alpha value is -3.06. The van der Waals surface area contributed by atoms with Crippen LogP contribution < -0.4 is 14.8 Å². The number of nitrogens with zero attached hydrogens (tertiary/aromatic N) is 2. The highest BCUT2D eigenvalue weighted by Gasteiger charge is 2.23. The van der Waals surface area contributed by atoms with E-state index in [2.05, 4.69) is 10.3 Å². The number of fused-ring (bicyclic) bond motifs is 1. The second kappa shape index (κ2) is 10.1. The van der Waals surface area contributed by atoms with E-state index >= 15 is 0 Å². The summed E-state index contributed by atoms with van der Waals surface area (Å²) >= 11 is 0. The molecule has 0 aliphatic rings. The molecule has 0 fully saturated rings. The van der Waals surface area contributed by atoms with E-state index in [9.17, 15) is 4.79 Å². The van der Waals surface area contributed by atoms with E-state index in [1.165, 1.54) is 0 Å². The zero-order valence-corrected chi connectivity index (χ0v) is 18.0. The first-order chi connectivity index (χ1) is 14.5. The Morgan fingerprint density at radius 3 is 2.53 bits per heavy atom. The molecule has 0 saturated carbocycles. The van der Waals surface area contributed by atoms with Gasteiger partial charge in [0.15, 0.2) is 0 Å². The third-order valence-electron chi connectivity index (χ3n) is 5.07. The molecule has 160 valence electrons. The van der Waals surface area contributed by atoms with Crippen molar-refractivity contribution in [2.24, 2.45) is 0 Å². The number of methoxy groups -OCH3 is 3. The van der Waals surface area contributed by atoms with Crippen LogP contribution in [0.4, 0.5) is 0 Å². The molecule has 0 aliphatic carbocycles. The van der Waals surface area contributed by atoms with Gasteiger partial charge in [-0.05, 0) is 48.7 Å². The highest BCUT2D eigenvalue weighted by molar-refractivity contribution is 5.77. The number of ether oxygens (including phenoxy) is 3. The van der Waals surface area contributed by atoms with Crippen molar-refractivity contribution in [3.63, 3.8) is 0 Å². The number of carbonyl (C=O) groups is 1. The number of carbonyl (C=O) groups excluding carboxylic acids is 1. The Kier molecular flexibility index (Phi) is 7.30. The predicted molar refractivity (Wildman–Crippen MR) is 115 cm³/mol. The van der Waals surface area contributed by atoms with Gasteiger partial charge in [0.05, 0.1) is 19.9 Å². The zero-order valence-electron chi connectivity index (χ0n) is 18.0. The molecule has 0 radical (unpaired) electrons. The fourth-order valence-corrected chi connectivity index (χ4v) is 3.49. The SMILES string of the molecule is COCCCNC(=O)CC(c1cc(OC)cc(OC)c1)c1cnc2cc(C)ccn12. The van der Waals surface area contributed by atoms with Gasteiger partial charge in [-0.1, -0.05) is 0 Å². The highest BCUT2D eigenvalue weighted by Crippen LogP contribution is 2.34. The molecule has 1 N–H and O–H groups in total. The lowest BCUT2D eigenvalue weighted by molar-refractivity contribution is -0.121. The van der Waals surface area contributed by atoms with Crippen LogP contribution in [-0.4, -0.2) is 49.8 Å². The summed E-state index contributed by atoms with van der Waals surface area (Å²) < 4.78 is 18.0. The van der Waals surface area contributed by atoms with E-state index in [4.69, 9.17) is 14.2 Å². The Labute approximate surface area is 177 Å². The number of aryl methyl sites for hydroxylation is 1. The number of benzene rings is 1. The number of hydrogen-bond acceptors (Lipinski definition) is 5. The van der Waals surface area contributed by atoms with Crippen molar-refractivity contribution < 1.29 is 19.0 Å². The summed E-state index contributed by atoms with van der Waals surface area (Å²) in [7, 11) is 4.89. The molecule has 2 heterocycles. The molecular formula is C23H29N3O4. The van der Waals surface area contributed by atoms with Crippen molar-refractivity contribution >= 4 is 11.6 Å². The second-order valence-electron chi connectivity index (χ2n) is 7.21. The third kappa shape index (κ3) is 5.10. The maximum absolute atomic E-state index is 12.7. The monoisotopic (exact) mass is 411 g/mol. The van der Waals surface area contributed by atoms with E-state index < -0.39 is 0 Å². The maximum Gasteiger partial charge on any atom is 0.221 e. The lowest BCUT2D eigenvalue weighted by Crippen LogP contribution is -2.27. The summed E-state index contributed by atoms with van der Waals surface area (Å²) in [5.41, 5.74) is 3.86. The Bertz CT molecular complexity index is 977. The average Bonchev–Trinajstić information content (AvgIpc) is 3.17. The van der Waals surface area contributed by atoms with E-state index in [1.807, 2.05) is 54.0 Å². The van der Waals surface area contributed by atoms with Crippen LogP contribution in [-0.2, 0) is 9.53 Å². The second-order valence-corrected chi connectivity index (χ2v) is 7.21. The zero-order chi connectivity index (χ0) is 21.5. The molecule has 1 unspecified atom stereocenters. The number of aromatic nitrogens is 2. The number of nitrogens with one attached hydrogen (secondary N) is 1. The highest BCUT2D eigenvalue weighted by atomic mass is 16.5. The predicted octanol–water partition coefficient (Wildman–Crippen LogP) is 3.33. The molecule has 2 aromatic heterocycles. The average molecular weight is 412 g/mol. The van der Waals surface area contributed by atoms with Crippen LogP contribution in [0.5, 0.6) is 11.5 Å². The molecule has 30 heavy (non-hydrogen) atoms. The van der Waals surface area contributed by atoms with Crippen LogP contribution in [0.2, 0.25) is 0 Å². The fraction of sp³-hybridized carbons (Fsp3) is 0.391. The Morgan fingerprint density at radius 1 is 1.13 bits per heavy atom. The minimum absolute atomic E-state index is 0.0278. The first-order valence-electron chi connectivity index (χ1n) is 9.98. The van der Waals surface area contributed by atoms with Gasteiger partial charge >= 0.3 is 0 Å². The summed E-state index contributed by atoms with van der Waals surface area (Å²) in [6, 6.07) is 9.77. The third-order valence-corrected chi connectivity index (χ3v) is 5.07. The topological polar surface area (TPSA) is 74.1 Å². The van der Waals surface area contributed by atoms with Gasteiger partial charge in [0.1, 0.15) is 17.1 Å². The van der Waals surface area contributed by atoms with Gasteiger partial charge in [-0.25, -0.2) is 4.98 Å². The fourth-order valence-electron chi connectivity index (χ4n) is 3.49. The first-order valence-corrected chi connectivity index (χ1v) is 9.98. The molecule has 1 aromatic carbocycles. The van der Waals surface area contributed by atoms with Gasteiger partial charge in [-0.2, -0.15) is 0 Å². The van der Waals surface area contributed by atoms with Crippen molar-refractivity contribution in [2.45, 2.75) is 25.7 Å². The van der Waals surface area contributed by atoms with Gasteiger partial charge in [-0.15, -0.1) is 0 Å². The molecule has 3 rings (SSSR count). The van der Waals surface area contributed by atoms with E-state index in [-0.39, 0.29) is 18.2 Å². The molecule has 0 aliphatic heterocycles. The Balaban J connectivity index is 1.97. The quantitative estimate of drug-likeness (QED) is 0.518. The van der Waals surface area contributed by atoms with Gasteiger partial charge < -0.3 is 23.9 Å². The molecule has 1 atom stereocenters. The summed E-state index contributed by atoms with van der Waals surface area (Å²) in [5.74, 6) is 1.12. The summed E-state index contributed by atoms with van der Waals surface area (Å²) in [4.78, 5) is 17.3. The maximum atomic E-state index is 12.7. The van der Waals surface area contributed by atoms with E-state index in [0.29, 0.717) is 24.7 Å². The lowest BCUT2D eigenvalue weighted by Gasteiger charge is -2.19. The van der Waals surface area contributed by atoms with E-state index in [1.54, 1.807) is 21.3 Å². The molecule has 7 nitrogen and oxygen atoms in total. The minimum atomic E-state index is -0.214. The minimum Gasteiger partial charge on any atom is -0.497 e. The van der Waals surface area contributed by atoms with Gasteiger partial charge in [0.25, 0.3) is 0 Å². The number of hydrogen-bond donors (Lipinski definition) is 1. The van der Waals surface area contributed by atoms with Crippen LogP contribution in [0, 0.1) is 6.92 Å². The van der Waals surface area contributed by atoms with Crippen molar-refractivity contribution in [3.05, 3.63) is 59.5 Å². The van der Waals surface area contributed by atoms with Gasteiger partial charge in [0.2, 0.25) is 5.91 Å². The summed E-state index contributed by atoms with van der Waals surface area (Å²) in [5, 5.41) is 2.98. The van der Waals surface area contributed by atoms with Crippen LogP contribution in [0.3, 0.4) is 0 Å². The normalized spacial score (nSPS) is 12.0. The van der Waals surface area contributed by atoms with Crippen molar-refractivity contribution in [3.8, 4) is 11.5 Å². The first kappa shape index (κ1) is 21.6. The standard InChI is InChI=1S/C23H29N3O4/c1-16-6-8-26-21(15-25-22(26)10-16)20(14-23(27)24-7-5-9-28-2)17-11-18(29-3)13-19(12-17)30-4/h6,8,10-13,15,20H,5,7,9,14H2,1-4H3,(H,24,27). The van der Waals surface area contributed by atoms with Crippen LogP contribution >= 0.6 is 0 Å². The van der Waals surface area contributed by atoms with Gasteiger partial charge in [-0.3, -0.25) is 4.79 Å². The van der Waals surface area contributed by atoms with Crippen molar-refractivity contribution in [1.29, 1.82) is 0 Å². The molecule has 7 heteroatoms. The summed E-state index contributed by atoms with van der Waals surface area (Å²) in [6.07, 6.45) is 4.89. The van der Waals surface area contributed by atoms with Crippen LogP contribution in [0.1, 0.15) is 35.6 Å². The number of rotatable bonds is 10. The molecule has 0 saturated heterocycles. The number of amides is 1. The van der Waals surface area contributed by atoms with E-state index in [0.717, 1.165) is 28.9 Å². The molecule has 0 spiro atoms. The van der Waals surface area contributed by atoms with Crippen molar-refractivity contribution in [1.82, 2.24) is 14.7 Å². The van der Waals surface area contributed by atoms with Crippen molar-refractivity contribution in [2.75, 3.05) is 34.5 Å². The molecule has 1 amide bonds. The largest absolute Gasteiger partial charge is 0.497 e. The van der Waals surface area contributed by atoms with Gasteiger partial charge in [0, 0.05) is 51.1 Å². The lowest BCUT2D eigenvalue weighted by atomic mass is 9.91. The number of pyridine rings is 1. The molecule has 3 aromatic rings.